The van der Waals surface area contributed by atoms with Crippen molar-refractivity contribution < 1.29 is 9.53 Å². The molecule has 3 heteroatoms. The molecule has 0 saturated carbocycles. The minimum atomic E-state index is -0.574. The number of esters is 1. The van der Waals surface area contributed by atoms with Crippen LogP contribution in [0.4, 0.5) is 0 Å². The van der Waals surface area contributed by atoms with E-state index in [0.717, 1.165) is 18.4 Å². The maximum absolute atomic E-state index is 11.9. The predicted molar refractivity (Wildman–Crippen MR) is 82.4 cm³/mol. The maximum atomic E-state index is 11.9. The first-order valence-electron chi connectivity index (χ1n) is 7.63. The number of carbonyl (C=O) groups excluding carboxylic acids is 1. The van der Waals surface area contributed by atoms with Crippen molar-refractivity contribution in [3.8, 4) is 0 Å². The normalized spacial score (nSPS) is 13.8. The van der Waals surface area contributed by atoms with Gasteiger partial charge in [0, 0.05) is 0 Å². The summed E-state index contributed by atoms with van der Waals surface area (Å²) in [6, 6.07) is 9.22. The number of hydrogen-bond donors (Lipinski definition) is 1. The second-order valence-corrected chi connectivity index (χ2v) is 5.39. The lowest BCUT2D eigenvalue weighted by Crippen LogP contribution is -2.36. The first kappa shape index (κ1) is 16.7. The quantitative estimate of drug-likeness (QED) is 0.555. The molecule has 0 aliphatic heterocycles. The fraction of sp³-hybridized carbons (Fsp3) is 0.588. The van der Waals surface area contributed by atoms with Crippen LogP contribution in [-0.2, 0) is 16.0 Å². The van der Waals surface area contributed by atoms with Crippen molar-refractivity contribution in [3.05, 3.63) is 35.9 Å². The molecule has 0 bridgehead atoms. The molecule has 0 radical (unpaired) electrons. The second-order valence-electron chi connectivity index (χ2n) is 5.39. The van der Waals surface area contributed by atoms with Gasteiger partial charge < -0.3 is 10.5 Å². The lowest BCUT2D eigenvalue weighted by Gasteiger charge is -2.16. The minimum absolute atomic E-state index is 0.0406. The molecule has 0 aromatic heterocycles. The van der Waals surface area contributed by atoms with E-state index in [0.29, 0.717) is 6.42 Å². The molecule has 0 fully saturated rings. The van der Waals surface area contributed by atoms with Crippen molar-refractivity contribution in [2.45, 2.75) is 64.5 Å². The highest BCUT2D eigenvalue weighted by Crippen LogP contribution is 2.09. The number of hydrogen-bond acceptors (Lipinski definition) is 3. The van der Waals surface area contributed by atoms with Crippen LogP contribution in [0.1, 0.15) is 51.5 Å². The Balaban J connectivity index is 2.27. The van der Waals surface area contributed by atoms with Gasteiger partial charge in [-0.2, -0.15) is 0 Å². The fourth-order valence-electron chi connectivity index (χ4n) is 2.15. The summed E-state index contributed by atoms with van der Waals surface area (Å²) in [5.41, 5.74) is 6.96. The number of carbonyl (C=O) groups is 1. The molecule has 0 amide bonds. The molecule has 0 heterocycles. The highest BCUT2D eigenvalue weighted by atomic mass is 16.5. The summed E-state index contributed by atoms with van der Waals surface area (Å²) < 4.78 is 5.40. The zero-order valence-electron chi connectivity index (χ0n) is 12.7. The van der Waals surface area contributed by atoms with E-state index in [9.17, 15) is 4.79 Å². The fourth-order valence-corrected chi connectivity index (χ4v) is 2.15. The number of unbranched alkanes of at least 4 members (excludes halogenated alkanes) is 3. The van der Waals surface area contributed by atoms with Crippen molar-refractivity contribution in [2.24, 2.45) is 5.73 Å². The third kappa shape index (κ3) is 6.71. The van der Waals surface area contributed by atoms with Gasteiger partial charge in [0.2, 0.25) is 0 Å². The van der Waals surface area contributed by atoms with E-state index >= 15 is 0 Å². The summed E-state index contributed by atoms with van der Waals surface area (Å²) in [6.07, 6.45) is 6.18. The number of benzene rings is 1. The van der Waals surface area contributed by atoms with E-state index in [-0.39, 0.29) is 12.1 Å². The summed E-state index contributed by atoms with van der Waals surface area (Å²) in [5.74, 6) is -0.295. The summed E-state index contributed by atoms with van der Waals surface area (Å²) >= 11 is 0. The average molecular weight is 277 g/mol. The molecule has 0 spiro atoms. The van der Waals surface area contributed by atoms with Crippen molar-refractivity contribution in [3.63, 3.8) is 0 Å². The van der Waals surface area contributed by atoms with Gasteiger partial charge in [0.05, 0.1) is 6.10 Å². The van der Waals surface area contributed by atoms with Gasteiger partial charge in [0.25, 0.3) is 0 Å². The summed E-state index contributed by atoms with van der Waals surface area (Å²) in [6.45, 7) is 4.13. The van der Waals surface area contributed by atoms with E-state index in [4.69, 9.17) is 10.5 Å². The molecule has 1 rings (SSSR count). The number of rotatable bonds is 9. The molecule has 2 N–H and O–H groups in total. The van der Waals surface area contributed by atoms with Gasteiger partial charge in [-0.15, -0.1) is 0 Å². The van der Waals surface area contributed by atoms with Crippen LogP contribution >= 0.6 is 0 Å². The van der Waals surface area contributed by atoms with E-state index in [1.54, 1.807) is 0 Å². The molecule has 1 aromatic rings. The molecule has 0 aliphatic carbocycles. The van der Waals surface area contributed by atoms with Gasteiger partial charge in [0.15, 0.2) is 0 Å². The minimum Gasteiger partial charge on any atom is -0.462 e. The van der Waals surface area contributed by atoms with Crippen LogP contribution in [0, 0.1) is 0 Å². The first-order valence-corrected chi connectivity index (χ1v) is 7.63. The van der Waals surface area contributed by atoms with E-state index < -0.39 is 6.04 Å². The first-order chi connectivity index (χ1) is 9.63. The average Bonchev–Trinajstić information content (AvgIpc) is 2.44. The molecule has 112 valence electrons. The molecular weight excluding hydrogens is 250 g/mol. The Morgan fingerprint density at radius 2 is 1.90 bits per heavy atom. The molecule has 3 nitrogen and oxygen atoms in total. The Morgan fingerprint density at radius 1 is 1.20 bits per heavy atom. The molecule has 1 aromatic carbocycles. The molecule has 20 heavy (non-hydrogen) atoms. The lowest BCUT2D eigenvalue weighted by atomic mass is 10.1. The van der Waals surface area contributed by atoms with Gasteiger partial charge in [-0.25, -0.2) is 0 Å². The third-order valence-electron chi connectivity index (χ3n) is 3.38. The highest BCUT2D eigenvalue weighted by Gasteiger charge is 2.18. The van der Waals surface area contributed by atoms with Crippen molar-refractivity contribution >= 4 is 5.97 Å². The van der Waals surface area contributed by atoms with Crippen LogP contribution in [0.3, 0.4) is 0 Å². The van der Waals surface area contributed by atoms with Crippen molar-refractivity contribution in [2.75, 3.05) is 0 Å². The topological polar surface area (TPSA) is 52.3 Å². The largest absolute Gasteiger partial charge is 0.462 e. The Labute approximate surface area is 122 Å². The number of ether oxygens (including phenoxy) is 1. The maximum Gasteiger partial charge on any atom is 0.323 e. The second kappa shape index (κ2) is 9.54. The molecular formula is C17H27NO2. The van der Waals surface area contributed by atoms with Gasteiger partial charge in [0.1, 0.15) is 6.04 Å². The Hall–Kier alpha value is -1.35. The zero-order chi connectivity index (χ0) is 14.8. The third-order valence-corrected chi connectivity index (χ3v) is 3.38. The molecule has 0 aliphatic rings. The Kier molecular flexibility index (Phi) is 7.97. The summed E-state index contributed by atoms with van der Waals surface area (Å²) in [7, 11) is 0. The van der Waals surface area contributed by atoms with Crippen LogP contribution in [-0.4, -0.2) is 18.1 Å². The van der Waals surface area contributed by atoms with E-state index in [2.05, 4.69) is 6.92 Å². The molecule has 0 unspecified atom stereocenters. The SMILES string of the molecule is CCCCCC[C@@H](C)OC(=O)[C@H](N)Cc1ccccc1. The van der Waals surface area contributed by atoms with Gasteiger partial charge in [-0.3, -0.25) is 4.79 Å². The van der Waals surface area contributed by atoms with Crippen molar-refractivity contribution in [1.29, 1.82) is 0 Å². The van der Waals surface area contributed by atoms with Gasteiger partial charge >= 0.3 is 5.97 Å². The molecule has 2 atom stereocenters. The van der Waals surface area contributed by atoms with Crippen LogP contribution < -0.4 is 5.73 Å². The lowest BCUT2D eigenvalue weighted by molar-refractivity contribution is -0.150. The van der Waals surface area contributed by atoms with Gasteiger partial charge in [-0.1, -0.05) is 56.5 Å². The smallest absolute Gasteiger partial charge is 0.323 e. The summed E-state index contributed by atoms with van der Waals surface area (Å²) in [4.78, 5) is 11.9. The van der Waals surface area contributed by atoms with Crippen molar-refractivity contribution in [1.82, 2.24) is 0 Å². The standard InChI is InChI=1S/C17H27NO2/c1-3-4-5-7-10-14(2)20-17(19)16(18)13-15-11-8-6-9-12-15/h6,8-9,11-12,14,16H,3-5,7,10,13,18H2,1-2H3/t14-,16-/m1/s1. The predicted octanol–water partition coefficient (Wildman–Crippen LogP) is 3.46. The van der Waals surface area contributed by atoms with E-state index in [1.807, 2.05) is 37.3 Å². The zero-order valence-corrected chi connectivity index (χ0v) is 12.7. The summed E-state index contributed by atoms with van der Waals surface area (Å²) in [5, 5.41) is 0. The highest BCUT2D eigenvalue weighted by molar-refractivity contribution is 5.76. The van der Waals surface area contributed by atoms with E-state index in [1.165, 1.54) is 19.3 Å². The Morgan fingerprint density at radius 3 is 2.55 bits per heavy atom. The monoisotopic (exact) mass is 277 g/mol. The molecule has 0 saturated heterocycles. The number of nitrogens with two attached hydrogens (primary N) is 1. The van der Waals surface area contributed by atoms with Crippen LogP contribution in [0.5, 0.6) is 0 Å². The van der Waals surface area contributed by atoms with Crippen LogP contribution in [0.2, 0.25) is 0 Å². The van der Waals surface area contributed by atoms with Crippen LogP contribution in [0.15, 0.2) is 30.3 Å². The van der Waals surface area contributed by atoms with Crippen LogP contribution in [0.25, 0.3) is 0 Å². The van der Waals surface area contributed by atoms with Gasteiger partial charge in [-0.05, 0) is 31.7 Å². The Bertz CT molecular complexity index is 378.